The maximum atomic E-state index is 13.0. The number of nitrogens with zero attached hydrogens (tertiary/aromatic N) is 2. The standard InChI is InChI=1S/C20H32N2O6S/c1-5-6-7-8-15-9-10-16(18(24)17(15)23)29(26,27)22-13-11-21(12-14-22)19(25)28-20(2,3)4/h9-10,23-24H,5-8,11-14H2,1-4H3. The first-order chi connectivity index (χ1) is 13.5. The van der Waals surface area contributed by atoms with Crippen LogP contribution in [0.1, 0.15) is 52.5 Å². The third-order valence-electron chi connectivity index (χ3n) is 4.76. The Hall–Kier alpha value is -2.00. The van der Waals surface area contributed by atoms with Crippen LogP contribution in [-0.2, 0) is 21.2 Å². The van der Waals surface area contributed by atoms with Crippen LogP contribution in [0.5, 0.6) is 11.5 Å². The normalized spacial score (nSPS) is 16.1. The minimum atomic E-state index is -4.00. The summed E-state index contributed by atoms with van der Waals surface area (Å²) in [4.78, 5) is 13.3. The SMILES string of the molecule is CCCCCc1ccc(S(=O)(=O)N2CCN(C(=O)OC(C)(C)C)CC2)c(O)c1O. The highest BCUT2D eigenvalue weighted by Crippen LogP contribution is 2.37. The van der Waals surface area contributed by atoms with Gasteiger partial charge in [0.1, 0.15) is 10.5 Å². The molecule has 1 heterocycles. The summed E-state index contributed by atoms with van der Waals surface area (Å²) in [5, 5.41) is 20.6. The van der Waals surface area contributed by atoms with Crippen molar-refractivity contribution < 1.29 is 28.2 Å². The largest absolute Gasteiger partial charge is 0.504 e. The van der Waals surface area contributed by atoms with E-state index >= 15 is 0 Å². The molecule has 29 heavy (non-hydrogen) atoms. The fourth-order valence-electron chi connectivity index (χ4n) is 3.15. The highest BCUT2D eigenvalue weighted by atomic mass is 32.2. The van der Waals surface area contributed by atoms with Gasteiger partial charge in [-0.25, -0.2) is 13.2 Å². The lowest BCUT2D eigenvalue weighted by atomic mass is 10.1. The summed E-state index contributed by atoms with van der Waals surface area (Å²) in [5.74, 6) is -0.997. The van der Waals surface area contributed by atoms with Crippen molar-refractivity contribution in [2.75, 3.05) is 26.2 Å². The minimum Gasteiger partial charge on any atom is -0.504 e. The molecule has 164 valence electrons. The molecule has 8 nitrogen and oxygen atoms in total. The molecule has 1 saturated heterocycles. The predicted octanol–water partition coefficient (Wildman–Crippen LogP) is 3.07. The van der Waals surface area contributed by atoms with Crippen LogP contribution in [-0.4, -0.2) is 65.7 Å². The van der Waals surface area contributed by atoms with Gasteiger partial charge in [0.25, 0.3) is 0 Å². The molecule has 1 aliphatic rings. The Morgan fingerprint density at radius 1 is 1.07 bits per heavy atom. The molecule has 1 aliphatic heterocycles. The molecule has 1 fully saturated rings. The Morgan fingerprint density at radius 2 is 1.69 bits per heavy atom. The van der Waals surface area contributed by atoms with Gasteiger partial charge in [-0.15, -0.1) is 0 Å². The van der Waals surface area contributed by atoms with Crippen LogP contribution < -0.4 is 0 Å². The van der Waals surface area contributed by atoms with Gasteiger partial charge in [-0.3, -0.25) is 0 Å². The molecule has 0 atom stereocenters. The van der Waals surface area contributed by atoms with E-state index < -0.39 is 27.5 Å². The van der Waals surface area contributed by atoms with Crippen LogP contribution in [0, 0.1) is 0 Å². The first kappa shape index (κ1) is 23.3. The molecule has 2 N–H and O–H groups in total. The maximum absolute atomic E-state index is 13.0. The number of piperazine rings is 1. The van der Waals surface area contributed by atoms with E-state index in [0.29, 0.717) is 12.0 Å². The first-order valence-corrected chi connectivity index (χ1v) is 11.4. The number of phenolic OH excluding ortho intramolecular Hbond substituents is 2. The molecule has 1 amide bonds. The summed E-state index contributed by atoms with van der Waals surface area (Å²) < 4.78 is 32.4. The smallest absolute Gasteiger partial charge is 0.410 e. The molecule has 0 bridgehead atoms. The Morgan fingerprint density at radius 3 is 2.24 bits per heavy atom. The molecule has 1 aromatic carbocycles. The van der Waals surface area contributed by atoms with Crippen LogP contribution in [0.4, 0.5) is 4.79 Å². The molecule has 0 aliphatic carbocycles. The quantitative estimate of drug-likeness (QED) is 0.533. The molecular formula is C20H32N2O6S. The van der Waals surface area contributed by atoms with Gasteiger partial charge >= 0.3 is 6.09 Å². The van der Waals surface area contributed by atoms with Crippen LogP contribution in [0.2, 0.25) is 0 Å². The third kappa shape index (κ3) is 5.76. The van der Waals surface area contributed by atoms with Crippen LogP contribution >= 0.6 is 0 Å². The number of hydrogen-bond acceptors (Lipinski definition) is 6. The van der Waals surface area contributed by atoms with Gasteiger partial charge in [-0.05, 0) is 45.2 Å². The van der Waals surface area contributed by atoms with Gasteiger partial charge in [-0.1, -0.05) is 25.8 Å². The average molecular weight is 429 g/mol. The Labute approximate surface area is 173 Å². The molecule has 1 aromatic rings. The fraction of sp³-hybridized carbons (Fsp3) is 0.650. The van der Waals surface area contributed by atoms with Crippen molar-refractivity contribution in [2.24, 2.45) is 0 Å². The Bertz CT molecular complexity index is 824. The number of carbonyl (C=O) groups is 1. The van der Waals surface area contributed by atoms with Crippen molar-refractivity contribution in [3.8, 4) is 11.5 Å². The number of carbonyl (C=O) groups excluding carboxylic acids is 1. The fourth-order valence-corrected chi connectivity index (χ4v) is 4.66. The third-order valence-corrected chi connectivity index (χ3v) is 6.69. The van der Waals surface area contributed by atoms with E-state index in [1.165, 1.54) is 15.3 Å². The van der Waals surface area contributed by atoms with E-state index in [0.717, 1.165) is 19.3 Å². The second-order valence-corrected chi connectivity index (χ2v) is 10.2. The monoisotopic (exact) mass is 428 g/mol. The van der Waals surface area contributed by atoms with E-state index in [1.807, 2.05) is 0 Å². The summed E-state index contributed by atoms with van der Waals surface area (Å²) >= 11 is 0. The van der Waals surface area contributed by atoms with Crippen LogP contribution in [0.3, 0.4) is 0 Å². The van der Waals surface area contributed by atoms with E-state index in [4.69, 9.17) is 4.74 Å². The molecular weight excluding hydrogens is 396 g/mol. The van der Waals surface area contributed by atoms with Crippen molar-refractivity contribution in [3.05, 3.63) is 17.7 Å². The summed E-state index contributed by atoms with van der Waals surface area (Å²) in [6.45, 7) is 7.92. The van der Waals surface area contributed by atoms with E-state index in [-0.39, 0.29) is 36.8 Å². The molecule has 0 saturated carbocycles. The van der Waals surface area contributed by atoms with E-state index in [2.05, 4.69) is 6.92 Å². The highest BCUT2D eigenvalue weighted by Gasteiger charge is 2.34. The maximum Gasteiger partial charge on any atom is 0.410 e. The van der Waals surface area contributed by atoms with Gasteiger partial charge in [0.2, 0.25) is 10.0 Å². The Balaban J connectivity index is 2.10. The van der Waals surface area contributed by atoms with Crippen molar-refractivity contribution >= 4 is 16.1 Å². The first-order valence-electron chi connectivity index (χ1n) is 9.99. The molecule has 0 unspecified atom stereocenters. The summed E-state index contributed by atoms with van der Waals surface area (Å²) in [7, 11) is -4.00. The van der Waals surface area contributed by atoms with Crippen LogP contribution in [0.15, 0.2) is 17.0 Å². The topological polar surface area (TPSA) is 107 Å². The number of hydrogen-bond donors (Lipinski definition) is 2. The zero-order valence-corrected chi connectivity index (χ0v) is 18.5. The summed E-state index contributed by atoms with van der Waals surface area (Å²) in [6, 6.07) is 2.89. The minimum absolute atomic E-state index is 0.0834. The number of aromatic hydroxyl groups is 2. The summed E-state index contributed by atoms with van der Waals surface area (Å²) in [6.07, 6.45) is 2.95. The second-order valence-electron chi connectivity index (χ2n) is 8.25. The van der Waals surface area contributed by atoms with Gasteiger partial charge in [0.15, 0.2) is 11.5 Å². The van der Waals surface area contributed by atoms with Crippen molar-refractivity contribution in [3.63, 3.8) is 0 Å². The molecule has 0 aromatic heterocycles. The number of unbranched alkanes of at least 4 members (excludes halogenated alkanes) is 2. The van der Waals surface area contributed by atoms with Crippen molar-refractivity contribution in [1.82, 2.24) is 9.21 Å². The van der Waals surface area contributed by atoms with Crippen molar-refractivity contribution in [1.29, 1.82) is 0 Å². The number of rotatable bonds is 6. The number of phenols is 2. The predicted molar refractivity (Wildman–Crippen MR) is 110 cm³/mol. The van der Waals surface area contributed by atoms with Gasteiger partial charge < -0.3 is 19.8 Å². The lowest BCUT2D eigenvalue weighted by molar-refractivity contribution is 0.0192. The number of aryl methyl sites for hydroxylation is 1. The second kappa shape index (κ2) is 9.21. The zero-order valence-electron chi connectivity index (χ0n) is 17.6. The van der Waals surface area contributed by atoms with Gasteiger partial charge in [0, 0.05) is 26.2 Å². The van der Waals surface area contributed by atoms with Crippen molar-refractivity contribution in [2.45, 2.75) is 63.9 Å². The number of ether oxygens (including phenoxy) is 1. The van der Waals surface area contributed by atoms with Gasteiger partial charge in [0.05, 0.1) is 0 Å². The van der Waals surface area contributed by atoms with E-state index in [9.17, 15) is 23.4 Å². The zero-order chi connectivity index (χ0) is 21.8. The molecule has 9 heteroatoms. The molecule has 0 spiro atoms. The summed E-state index contributed by atoms with van der Waals surface area (Å²) in [5.41, 5.74) is -0.0905. The Kier molecular flexibility index (Phi) is 7.40. The number of sulfonamides is 1. The average Bonchev–Trinajstić information content (AvgIpc) is 2.64. The van der Waals surface area contributed by atoms with E-state index in [1.54, 1.807) is 26.8 Å². The number of benzene rings is 1. The lowest BCUT2D eigenvalue weighted by Crippen LogP contribution is -2.51. The van der Waals surface area contributed by atoms with Crippen LogP contribution in [0.25, 0.3) is 0 Å². The lowest BCUT2D eigenvalue weighted by Gasteiger charge is -2.35. The van der Waals surface area contributed by atoms with Gasteiger partial charge in [-0.2, -0.15) is 4.31 Å². The highest BCUT2D eigenvalue weighted by molar-refractivity contribution is 7.89. The molecule has 2 rings (SSSR count). The molecule has 0 radical (unpaired) electrons. The number of amides is 1.